The number of nitrogens with one attached hydrogen (secondary N) is 1. The zero-order valence-corrected chi connectivity index (χ0v) is 18.5. The molecule has 0 spiro atoms. The fourth-order valence-electron chi connectivity index (χ4n) is 4.10. The Bertz CT molecular complexity index is 1180. The van der Waals surface area contributed by atoms with Crippen molar-refractivity contribution in [2.45, 2.75) is 19.5 Å². The highest BCUT2D eigenvalue weighted by atomic mass is 32.1. The van der Waals surface area contributed by atoms with E-state index in [9.17, 15) is 4.79 Å². The van der Waals surface area contributed by atoms with E-state index < -0.39 is 0 Å². The molecule has 5 rings (SSSR count). The average molecular weight is 437 g/mol. The van der Waals surface area contributed by atoms with E-state index in [1.807, 2.05) is 47.0 Å². The Morgan fingerprint density at radius 2 is 1.87 bits per heavy atom. The van der Waals surface area contributed by atoms with Crippen LogP contribution in [0.2, 0.25) is 0 Å². The second-order valence-electron chi connectivity index (χ2n) is 7.71. The Morgan fingerprint density at radius 3 is 2.60 bits per heavy atom. The standard InChI is InChI=1S/C23H24N4OS2/c1-16(27-11-9-26(10-12-27)14-18-8-5-13-29-18)21-24-22(28)20-19(15-30-23(20)25-21)17-6-3-2-4-7-17/h2-8,13,15-16H,9-12,14H2,1H3,(H,24,25,28). The van der Waals surface area contributed by atoms with Crippen molar-refractivity contribution in [3.05, 3.63) is 74.3 Å². The van der Waals surface area contributed by atoms with Crippen molar-refractivity contribution in [2.24, 2.45) is 0 Å². The normalized spacial score (nSPS) is 16.8. The number of nitrogens with zero attached hydrogens (tertiary/aromatic N) is 3. The highest BCUT2D eigenvalue weighted by Gasteiger charge is 2.24. The second-order valence-corrected chi connectivity index (χ2v) is 9.60. The molecule has 0 radical (unpaired) electrons. The number of aromatic amines is 1. The van der Waals surface area contributed by atoms with Gasteiger partial charge >= 0.3 is 0 Å². The van der Waals surface area contributed by atoms with E-state index in [-0.39, 0.29) is 11.6 Å². The van der Waals surface area contributed by atoms with Crippen molar-refractivity contribution in [1.82, 2.24) is 19.8 Å². The lowest BCUT2D eigenvalue weighted by Crippen LogP contribution is -2.47. The van der Waals surface area contributed by atoms with Gasteiger partial charge < -0.3 is 4.98 Å². The van der Waals surface area contributed by atoms with E-state index in [0.29, 0.717) is 5.39 Å². The fraction of sp³-hybridized carbons (Fsp3) is 0.304. The maximum atomic E-state index is 13.0. The van der Waals surface area contributed by atoms with Gasteiger partial charge in [0.1, 0.15) is 10.7 Å². The first kappa shape index (κ1) is 19.6. The summed E-state index contributed by atoms with van der Waals surface area (Å²) in [4.78, 5) is 28.0. The first-order chi connectivity index (χ1) is 14.7. The molecule has 1 N–H and O–H groups in total. The lowest BCUT2D eigenvalue weighted by Gasteiger charge is -2.37. The molecule has 30 heavy (non-hydrogen) atoms. The predicted molar refractivity (Wildman–Crippen MR) is 125 cm³/mol. The zero-order chi connectivity index (χ0) is 20.5. The summed E-state index contributed by atoms with van der Waals surface area (Å²) in [5, 5.41) is 4.88. The van der Waals surface area contributed by atoms with Crippen LogP contribution in [0.15, 0.2) is 58.0 Å². The van der Waals surface area contributed by atoms with Crippen molar-refractivity contribution >= 4 is 32.9 Å². The first-order valence-electron chi connectivity index (χ1n) is 10.2. The van der Waals surface area contributed by atoms with Crippen LogP contribution in [-0.4, -0.2) is 45.9 Å². The summed E-state index contributed by atoms with van der Waals surface area (Å²) in [6.45, 7) is 7.20. The lowest BCUT2D eigenvalue weighted by atomic mass is 10.1. The Morgan fingerprint density at radius 1 is 1.07 bits per heavy atom. The van der Waals surface area contributed by atoms with E-state index in [4.69, 9.17) is 4.98 Å². The third-order valence-corrected chi connectivity index (χ3v) is 7.59. The molecule has 1 atom stereocenters. The molecule has 4 heterocycles. The van der Waals surface area contributed by atoms with Gasteiger partial charge in [-0.15, -0.1) is 22.7 Å². The van der Waals surface area contributed by atoms with E-state index in [1.54, 1.807) is 11.3 Å². The van der Waals surface area contributed by atoms with E-state index >= 15 is 0 Å². The van der Waals surface area contributed by atoms with Gasteiger partial charge in [0.25, 0.3) is 5.56 Å². The van der Waals surface area contributed by atoms with Crippen LogP contribution in [0.3, 0.4) is 0 Å². The molecule has 1 saturated heterocycles. The zero-order valence-electron chi connectivity index (χ0n) is 16.9. The SMILES string of the molecule is CC(c1nc2scc(-c3ccccc3)c2c(=O)[nH]1)N1CCN(Cc2cccs2)CC1. The number of benzene rings is 1. The summed E-state index contributed by atoms with van der Waals surface area (Å²) in [7, 11) is 0. The molecule has 4 aromatic rings. The largest absolute Gasteiger partial charge is 0.309 e. The second kappa shape index (κ2) is 8.43. The molecular formula is C23H24N4OS2. The molecule has 7 heteroatoms. The van der Waals surface area contributed by atoms with Crippen molar-refractivity contribution in [2.75, 3.05) is 26.2 Å². The maximum absolute atomic E-state index is 13.0. The summed E-state index contributed by atoms with van der Waals surface area (Å²) < 4.78 is 0. The van der Waals surface area contributed by atoms with Gasteiger partial charge in [0.15, 0.2) is 0 Å². The number of thiophene rings is 2. The average Bonchev–Trinajstić information content (AvgIpc) is 3.44. The fourth-order valence-corrected chi connectivity index (χ4v) is 5.80. The molecule has 3 aromatic heterocycles. The van der Waals surface area contributed by atoms with Gasteiger partial charge in [-0.05, 0) is 23.9 Å². The third-order valence-electron chi connectivity index (χ3n) is 5.86. The van der Waals surface area contributed by atoms with Crippen molar-refractivity contribution in [1.29, 1.82) is 0 Å². The molecule has 1 fully saturated rings. The van der Waals surface area contributed by atoms with Gasteiger partial charge in [0.2, 0.25) is 0 Å². The highest BCUT2D eigenvalue weighted by Crippen LogP contribution is 2.31. The van der Waals surface area contributed by atoms with Crippen molar-refractivity contribution < 1.29 is 0 Å². The monoisotopic (exact) mass is 436 g/mol. The summed E-state index contributed by atoms with van der Waals surface area (Å²) >= 11 is 3.37. The van der Waals surface area contributed by atoms with E-state index in [1.165, 1.54) is 4.88 Å². The molecule has 0 aliphatic carbocycles. The Kier molecular flexibility index (Phi) is 5.52. The molecule has 0 saturated carbocycles. The van der Waals surface area contributed by atoms with Gasteiger partial charge in [-0.25, -0.2) is 4.98 Å². The molecule has 5 nitrogen and oxygen atoms in total. The number of fused-ring (bicyclic) bond motifs is 1. The van der Waals surface area contributed by atoms with Crippen LogP contribution >= 0.6 is 22.7 Å². The topological polar surface area (TPSA) is 52.2 Å². The maximum Gasteiger partial charge on any atom is 0.260 e. The number of hydrogen-bond acceptors (Lipinski definition) is 6. The van der Waals surface area contributed by atoms with Gasteiger partial charge in [-0.2, -0.15) is 0 Å². The van der Waals surface area contributed by atoms with Gasteiger partial charge in [-0.3, -0.25) is 14.6 Å². The molecule has 1 unspecified atom stereocenters. The number of aromatic nitrogens is 2. The summed E-state index contributed by atoms with van der Waals surface area (Å²) in [5.74, 6) is 0.765. The molecule has 1 aromatic carbocycles. The number of rotatable bonds is 5. The van der Waals surface area contributed by atoms with Crippen LogP contribution in [0.25, 0.3) is 21.3 Å². The summed E-state index contributed by atoms with van der Waals surface area (Å²) in [6.07, 6.45) is 0. The van der Waals surface area contributed by atoms with Crippen LogP contribution < -0.4 is 5.56 Å². The number of H-pyrrole nitrogens is 1. The van der Waals surface area contributed by atoms with Crippen LogP contribution in [0.1, 0.15) is 23.7 Å². The smallest absolute Gasteiger partial charge is 0.260 e. The first-order valence-corrected chi connectivity index (χ1v) is 12.0. The molecule has 0 amide bonds. The quantitative estimate of drug-likeness (QED) is 0.497. The molecule has 0 bridgehead atoms. The summed E-state index contributed by atoms with van der Waals surface area (Å²) in [5.41, 5.74) is 1.97. The minimum Gasteiger partial charge on any atom is -0.309 e. The van der Waals surface area contributed by atoms with Crippen LogP contribution in [0.4, 0.5) is 0 Å². The minimum atomic E-state index is -0.0433. The minimum absolute atomic E-state index is 0.0433. The molecule has 154 valence electrons. The number of hydrogen-bond donors (Lipinski definition) is 1. The Balaban J connectivity index is 1.33. The lowest BCUT2D eigenvalue weighted by molar-refractivity contribution is 0.0954. The highest BCUT2D eigenvalue weighted by molar-refractivity contribution is 7.17. The van der Waals surface area contributed by atoms with Gasteiger partial charge in [-0.1, -0.05) is 36.4 Å². The number of piperazine rings is 1. The summed E-state index contributed by atoms with van der Waals surface area (Å²) in [6, 6.07) is 14.5. The van der Waals surface area contributed by atoms with Crippen LogP contribution in [0, 0.1) is 0 Å². The Hall–Kier alpha value is -2.32. The van der Waals surface area contributed by atoms with E-state index in [0.717, 1.165) is 54.5 Å². The predicted octanol–water partition coefficient (Wildman–Crippen LogP) is 4.59. The molecule has 1 aliphatic rings. The third kappa shape index (κ3) is 3.86. The molecule has 1 aliphatic heterocycles. The Labute approximate surface area is 183 Å². The van der Waals surface area contributed by atoms with Crippen LogP contribution in [0.5, 0.6) is 0 Å². The molecular weight excluding hydrogens is 412 g/mol. The van der Waals surface area contributed by atoms with Gasteiger partial charge in [0, 0.05) is 48.5 Å². The van der Waals surface area contributed by atoms with E-state index in [2.05, 4.69) is 39.2 Å². The van der Waals surface area contributed by atoms with Crippen molar-refractivity contribution in [3.8, 4) is 11.1 Å². The van der Waals surface area contributed by atoms with Gasteiger partial charge in [0.05, 0.1) is 11.4 Å². The van der Waals surface area contributed by atoms with Crippen molar-refractivity contribution in [3.63, 3.8) is 0 Å². The van der Waals surface area contributed by atoms with Crippen LogP contribution in [-0.2, 0) is 6.54 Å².